The van der Waals surface area contributed by atoms with Crippen molar-refractivity contribution in [1.29, 1.82) is 0 Å². The number of hydrogen-bond acceptors (Lipinski definition) is 4. The predicted molar refractivity (Wildman–Crippen MR) is 107 cm³/mol. The number of non-ortho nitro benzene ring substituents is 1. The van der Waals surface area contributed by atoms with Gasteiger partial charge in [-0.15, -0.1) is 0 Å². The number of nitro groups is 1. The first-order valence-electron chi connectivity index (χ1n) is 9.85. The van der Waals surface area contributed by atoms with Crippen molar-refractivity contribution in [2.24, 2.45) is 4.99 Å². The molecule has 0 radical (unpaired) electrons. The minimum Gasteiger partial charge on any atom is -0.342 e. The summed E-state index contributed by atoms with van der Waals surface area (Å²) in [6.07, 6.45) is 11.8. The van der Waals surface area contributed by atoms with Crippen LogP contribution in [0.5, 0.6) is 0 Å². The Hall–Kier alpha value is -1.56. The van der Waals surface area contributed by atoms with E-state index in [4.69, 9.17) is 4.99 Å². The highest BCUT2D eigenvalue weighted by atomic mass is 32.2. The second kappa shape index (κ2) is 7.22. The molecule has 1 spiro atoms. The van der Waals surface area contributed by atoms with Crippen LogP contribution in [0.3, 0.4) is 0 Å². The fraction of sp³-hybridized carbons (Fsp3) is 0.650. The van der Waals surface area contributed by atoms with Crippen LogP contribution in [-0.4, -0.2) is 32.3 Å². The third-order valence-electron chi connectivity index (χ3n) is 6.27. The first-order valence-corrected chi connectivity index (χ1v) is 10.8. The lowest BCUT2D eigenvalue weighted by molar-refractivity contribution is -0.384. The number of amidine groups is 1. The first kappa shape index (κ1) is 17.8. The summed E-state index contributed by atoms with van der Waals surface area (Å²) in [5.74, 6) is 1.15. The fourth-order valence-electron chi connectivity index (χ4n) is 4.91. The van der Waals surface area contributed by atoms with Crippen molar-refractivity contribution in [3.05, 3.63) is 33.9 Å². The smallest absolute Gasteiger partial charge is 0.269 e. The van der Waals surface area contributed by atoms with Gasteiger partial charge in [-0.1, -0.05) is 43.9 Å². The monoisotopic (exact) mass is 373 g/mol. The van der Waals surface area contributed by atoms with Crippen LogP contribution in [0.15, 0.2) is 23.2 Å². The molecule has 0 aromatic heterocycles. The van der Waals surface area contributed by atoms with Gasteiger partial charge >= 0.3 is 0 Å². The summed E-state index contributed by atoms with van der Waals surface area (Å²) < 4.78 is 0. The molecule has 6 heteroatoms. The zero-order chi connectivity index (χ0) is 18.1. The molecule has 0 unspecified atom stereocenters. The largest absolute Gasteiger partial charge is 0.342 e. The highest BCUT2D eigenvalue weighted by Crippen LogP contribution is 2.48. The summed E-state index contributed by atoms with van der Waals surface area (Å²) in [5, 5.41) is 12.1. The van der Waals surface area contributed by atoms with Crippen LogP contribution in [0.2, 0.25) is 0 Å². The van der Waals surface area contributed by atoms with Crippen LogP contribution in [-0.2, 0) is 0 Å². The van der Waals surface area contributed by atoms with Gasteiger partial charge in [-0.25, -0.2) is 4.99 Å². The van der Waals surface area contributed by atoms with E-state index in [0.29, 0.717) is 11.6 Å². The molecule has 1 saturated heterocycles. The van der Waals surface area contributed by atoms with E-state index in [1.807, 2.05) is 18.7 Å². The van der Waals surface area contributed by atoms with Gasteiger partial charge in [0.2, 0.25) is 0 Å². The Labute approximate surface area is 159 Å². The minimum absolute atomic E-state index is 0.141. The number of aryl methyl sites for hydroxylation is 1. The second-order valence-electron chi connectivity index (χ2n) is 8.00. The third-order valence-corrected chi connectivity index (χ3v) is 7.50. The Morgan fingerprint density at radius 3 is 2.58 bits per heavy atom. The topological polar surface area (TPSA) is 58.7 Å². The Kier molecular flexibility index (Phi) is 4.95. The van der Waals surface area contributed by atoms with Crippen LogP contribution in [0.25, 0.3) is 0 Å². The van der Waals surface area contributed by atoms with E-state index in [9.17, 15) is 10.1 Å². The fourth-order valence-corrected chi connectivity index (χ4v) is 6.38. The Morgan fingerprint density at radius 2 is 1.92 bits per heavy atom. The van der Waals surface area contributed by atoms with E-state index in [1.165, 1.54) is 57.8 Å². The average molecular weight is 374 g/mol. The zero-order valence-electron chi connectivity index (χ0n) is 15.4. The zero-order valence-corrected chi connectivity index (χ0v) is 16.3. The van der Waals surface area contributed by atoms with Gasteiger partial charge in [0.25, 0.3) is 5.69 Å². The van der Waals surface area contributed by atoms with E-state index in [-0.39, 0.29) is 10.6 Å². The Morgan fingerprint density at radius 1 is 1.19 bits per heavy atom. The van der Waals surface area contributed by atoms with Crippen molar-refractivity contribution < 1.29 is 4.92 Å². The van der Waals surface area contributed by atoms with Gasteiger partial charge < -0.3 is 4.90 Å². The molecule has 3 fully saturated rings. The first-order chi connectivity index (χ1) is 12.6. The van der Waals surface area contributed by atoms with Gasteiger partial charge in [0.1, 0.15) is 0 Å². The lowest BCUT2D eigenvalue weighted by Crippen LogP contribution is -2.51. The number of rotatable bonds is 3. The van der Waals surface area contributed by atoms with Crippen LogP contribution < -0.4 is 0 Å². The van der Waals surface area contributed by atoms with Crippen LogP contribution >= 0.6 is 11.8 Å². The quantitative estimate of drug-likeness (QED) is 0.512. The van der Waals surface area contributed by atoms with Gasteiger partial charge in [-0.3, -0.25) is 10.1 Å². The normalized spacial score (nSPS) is 24.7. The van der Waals surface area contributed by atoms with Crippen molar-refractivity contribution in [2.75, 3.05) is 5.75 Å². The average Bonchev–Trinajstić information content (AvgIpc) is 3.25. The van der Waals surface area contributed by atoms with E-state index in [1.54, 1.807) is 18.2 Å². The molecule has 0 atom stereocenters. The molecule has 0 N–H and O–H groups in total. The Bertz CT molecular complexity index is 722. The summed E-state index contributed by atoms with van der Waals surface area (Å²) in [5.41, 5.74) is 2.19. The van der Waals surface area contributed by atoms with Gasteiger partial charge in [-0.05, 0) is 44.2 Å². The molecule has 1 aromatic carbocycles. The number of nitrogens with zero attached hydrogens (tertiary/aromatic N) is 3. The van der Waals surface area contributed by atoms with Crippen molar-refractivity contribution in [2.45, 2.75) is 76.3 Å². The van der Waals surface area contributed by atoms with Crippen LogP contribution in [0, 0.1) is 17.0 Å². The minimum atomic E-state index is -0.337. The lowest BCUT2D eigenvalue weighted by Gasteiger charge is -2.43. The van der Waals surface area contributed by atoms with Gasteiger partial charge in [-0.2, -0.15) is 0 Å². The maximum atomic E-state index is 11.0. The van der Waals surface area contributed by atoms with Crippen molar-refractivity contribution in [1.82, 2.24) is 4.90 Å². The molecule has 4 rings (SSSR count). The van der Waals surface area contributed by atoms with E-state index in [0.717, 1.165) is 22.2 Å². The Balaban J connectivity index is 1.67. The SMILES string of the molecule is Cc1cc([N+](=O)[O-])ccc1/N=C1/SCC2(CCCC2)N1C1CCCCC1. The second-order valence-corrected chi connectivity index (χ2v) is 8.95. The molecule has 1 aliphatic heterocycles. The number of benzene rings is 1. The number of nitro benzene ring substituents is 1. The summed E-state index contributed by atoms with van der Waals surface area (Å²) >= 11 is 1.90. The van der Waals surface area contributed by atoms with Crippen molar-refractivity contribution in [3.63, 3.8) is 0 Å². The standard InChI is InChI=1S/C20H27N3O2S/c1-15-13-17(23(24)25)9-10-18(15)21-19-22(16-7-3-2-4-8-16)20(14-26-19)11-5-6-12-20/h9-10,13,16H,2-8,11-12,14H2,1H3/b21-19+. The maximum Gasteiger partial charge on any atom is 0.269 e. The molecule has 5 nitrogen and oxygen atoms in total. The third kappa shape index (κ3) is 3.24. The molecule has 140 valence electrons. The number of thioether (sulfide) groups is 1. The number of aliphatic imine (C=N–C) groups is 1. The van der Waals surface area contributed by atoms with Gasteiger partial charge in [0, 0.05) is 23.9 Å². The van der Waals surface area contributed by atoms with Crippen molar-refractivity contribution in [3.8, 4) is 0 Å². The highest BCUT2D eigenvalue weighted by Gasteiger charge is 2.49. The molecule has 0 bridgehead atoms. The molecule has 0 amide bonds. The summed E-state index contributed by atoms with van der Waals surface area (Å²) in [4.78, 5) is 18.4. The van der Waals surface area contributed by atoms with E-state index >= 15 is 0 Å². The molecular formula is C20H27N3O2S. The molecular weight excluding hydrogens is 346 g/mol. The summed E-state index contributed by atoms with van der Waals surface area (Å²) in [6, 6.07) is 5.63. The van der Waals surface area contributed by atoms with E-state index < -0.39 is 0 Å². The van der Waals surface area contributed by atoms with Crippen molar-refractivity contribution >= 4 is 28.3 Å². The molecule has 1 aromatic rings. The highest BCUT2D eigenvalue weighted by molar-refractivity contribution is 8.14. The van der Waals surface area contributed by atoms with E-state index in [2.05, 4.69) is 4.90 Å². The van der Waals surface area contributed by atoms with Crippen LogP contribution in [0.1, 0.15) is 63.4 Å². The summed E-state index contributed by atoms with van der Waals surface area (Å²) in [7, 11) is 0. The summed E-state index contributed by atoms with van der Waals surface area (Å²) in [6.45, 7) is 1.92. The molecule has 26 heavy (non-hydrogen) atoms. The number of hydrogen-bond donors (Lipinski definition) is 0. The molecule has 2 saturated carbocycles. The molecule has 2 aliphatic carbocycles. The molecule has 3 aliphatic rings. The maximum absolute atomic E-state index is 11.0. The van der Waals surface area contributed by atoms with Gasteiger partial charge in [0.15, 0.2) is 5.17 Å². The predicted octanol–water partition coefficient (Wildman–Crippen LogP) is 5.59. The lowest BCUT2D eigenvalue weighted by atomic mass is 9.89. The molecule has 1 heterocycles. The van der Waals surface area contributed by atoms with Gasteiger partial charge in [0.05, 0.1) is 16.1 Å². The van der Waals surface area contributed by atoms with Crippen LogP contribution in [0.4, 0.5) is 11.4 Å².